The second-order valence-corrected chi connectivity index (χ2v) is 8.81. The second-order valence-electron chi connectivity index (χ2n) is 7.96. The van der Waals surface area contributed by atoms with E-state index in [-0.39, 0.29) is 36.1 Å². The molecule has 5 rings (SSSR count). The molecular weight excluding hydrogens is 507 g/mol. The van der Waals surface area contributed by atoms with Crippen molar-refractivity contribution in [2.75, 3.05) is 19.9 Å². The van der Waals surface area contributed by atoms with Crippen LogP contribution in [0.15, 0.2) is 50.1 Å². The number of fused-ring (bicyclic) bond motifs is 3. The van der Waals surface area contributed by atoms with E-state index in [9.17, 15) is 18.0 Å². The summed E-state index contributed by atoms with van der Waals surface area (Å²) in [4.78, 5) is 15.1. The van der Waals surface area contributed by atoms with Crippen LogP contribution in [0.5, 0.6) is 17.2 Å². The van der Waals surface area contributed by atoms with Gasteiger partial charge in [-0.15, -0.1) is 0 Å². The van der Waals surface area contributed by atoms with Crippen molar-refractivity contribution < 1.29 is 31.8 Å². The highest BCUT2D eigenvalue weighted by Crippen LogP contribution is 2.41. The van der Waals surface area contributed by atoms with Gasteiger partial charge in [-0.05, 0) is 53.0 Å². The van der Waals surface area contributed by atoms with E-state index in [1.54, 1.807) is 24.3 Å². The molecule has 0 radical (unpaired) electrons. The third-order valence-corrected chi connectivity index (χ3v) is 6.31. The van der Waals surface area contributed by atoms with Crippen molar-refractivity contribution in [3.8, 4) is 17.2 Å². The van der Waals surface area contributed by atoms with Gasteiger partial charge in [0, 0.05) is 19.7 Å². The number of hydrogen-bond acceptors (Lipinski definition) is 6. The zero-order chi connectivity index (χ0) is 23.2. The van der Waals surface area contributed by atoms with Crippen LogP contribution in [-0.2, 0) is 17.5 Å². The van der Waals surface area contributed by atoms with Crippen LogP contribution in [0.25, 0.3) is 11.0 Å². The zero-order valence-corrected chi connectivity index (χ0v) is 18.9. The first-order valence-electron chi connectivity index (χ1n) is 10.4. The third kappa shape index (κ3) is 4.34. The Bertz CT molecular complexity index is 1250. The first-order chi connectivity index (χ1) is 15.8. The maximum atomic E-state index is 14.0. The molecule has 1 unspecified atom stereocenters. The number of halogens is 4. The highest BCUT2D eigenvalue weighted by atomic mass is 79.9. The Morgan fingerprint density at radius 1 is 1.18 bits per heavy atom. The fourth-order valence-corrected chi connectivity index (χ4v) is 4.47. The summed E-state index contributed by atoms with van der Waals surface area (Å²) in [6.45, 7) is 1.83. The van der Waals surface area contributed by atoms with E-state index in [0.29, 0.717) is 28.9 Å². The lowest BCUT2D eigenvalue weighted by Gasteiger charge is -2.30. The van der Waals surface area contributed by atoms with E-state index < -0.39 is 23.1 Å². The van der Waals surface area contributed by atoms with Crippen LogP contribution in [0.3, 0.4) is 0 Å². The topological polar surface area (TPSA) is 61.1 Å². The highest BCUT2D eigenvalue weighted by molar-refractivity contribution is 9.10. The quantitative estimate of drug-likeness (QED) is 0.435. The van der Waals surface area contributed by atoms with Crippen LogP contribution in [0.1, 0.15) is 24.2 Å². The summed E-state index contributed by atoms with van der Waals surface area (Å²) < 4.78 is 64.5. The number of nitrogens with zero attached hydrogens (tertiary/aromatic N) is 1. The number of alkyl halides is 3. The largest absolute Gasteiger partial charge is 0.478 e. The molecule has 6 nitrogen and oxygen atoms in total. The molecule has 3 heterocycles. The number of benzene rings is 2. The monoisotopic (exact) mass is 525 g/mol. The minimum Gasteiger partial charge on any atom is -0.478 e. The van der Waals surface area contributed by atoms with Gasteiger partial charge in [0.2, 0.25) is 11.2 Å². The molecule has 1 atom stereocenters. The molecule has 2 aliphatic heterocycles. The fourth-order valence-electron chi connectivity index (χ4n) is 4.10. The molecule has 1 aromatic heterocycles. The first-order valence-corrected chi connectivity index (χ1v) is 11.2. The maximum absolute atomic E-state index is 14.0. The normalized spacial score (nSPS) is 18.8. The van der Waals surface area contributed by atoms with Crippen LogP contribution in [0.2, 0.25) is 0 Å². The molecule has 2 aromatic carbocycles. The van der Waals surface area contributed by atoms with Gasteiger partial charge in [0.15, 0.2) is 0 Å². The number of para-hydroxylation sites is 1. The van der Waals surface area contributed by atoms with Gasteiger partial charge >= 0.3 is 6.18 Å². The van der Waals surface area contributed by atoms with E-state index in [1.807, 2.05) is 4.90 Å². The summed E-state index contributed by atoms with van der Waals surface area (Å²) in [5.41, 5.74) is -0.661. The van der Waals surface area contributed by atoms with Gasteiger partial charge in [-0.25, -0.2) is 0 Å². The summed E-state index contributed by atoms with van der Waals surface area (Å²) in [7, 11) is 0. The van der Waals surface area contributed by atoms with Crippen LogP contribution in [0.4, 0.5) is 13.2 Å². The van der Waals surface area contributed by atoms with Crippen LogP contribution >= 0.6 is 15.9 Å². The Balaban J connectivity index is 1.60. The van der Waals surface area contributed by atoms with E-state index in [0.717, 1.165) is 12.8 Å². The number of ether oxygens (including phenoxy) is 3. The molecule has 3 aromatic rings. The molecule has 2 aliphatic rings. The third-order valence-electron chi connectivity index (χ3n) is 5.66. The van der Waals surface area contributed by atoms with Crippen LogP contribution in [-0.4, -0.2) is 30.9 Å². The zero-order valence-electron chi connectivity index (χ0n) is 17.3. The predicted molar refractivity (Wildman–Crippen MR) is 117 cm³/mol. The highest BCUT2D eigenvalue weighted by Gasteiger charge is 2.41. The van der Waals surface area contributed by atoms with Gasteiger partial charge in [0.25, 0.3) is 5.76 Å². The lowest BCUT2D eigenvalue weighted by atomic mass is 10.1. The Kier molecular flexibility index (Phi) is 5.84. The molecule has 1 fully saturated rings. The molecule has 174 valence electrons. The predicted octanol–water partition coefficient (Wildman–Crippen LogP) is 5.70. The van der Waals surface area contributed by atoms with E-state index in [2.05, 4.69) is 15.9 Å². The lowest BCUT2D eigenvalue weighted by molar-refractivity contribution is -0.154. The molecule has 0 bridgehead atoms. The molecule has 0 aliphatic carbocycles. The van der Waals surface area contributed by atoms with Crippen LogP contribution in [0, 0.1) is 0 Å². The van der Waals surface area contributed by atoms with Crippen molar-refractivity contribution in [1.29, 1.82) is 0 Å². The van der Waals surface area contributed by atoms with Gasteiger partial charge in [0.05, 0.1) is 21.5 Å². The summed E-state index contributed by atoms with van der Waals surface area (Å²) in [6.07, 6.45) is -3.00. The minimum absolute atomic E-state index is 0.00799. The van der Waals surface area contributed by atoms with Gasteiger partial charge in [-0.2, -0.15) is 13.2 Å². The average molecular weight is 526 g/mol. The second kappa shape index (κ2) is 8.66. The van der Waals surface area contributed by atoms with E-state index >= 15 is 0 Å². The summed E-state index contributed by atoms with van der Waals surface area (Å²) in [5.74, 6) is -1.93. The molecule has 10 heteroatoms. The van der Waals surface area contributed by atoms with Crippen molar-refractivity contribution in [3.05, 3.63) is 62.4 Å². The van der Waals surface area contributed by atoms with E-state index in [4.69, 9.17) is 18.6 Å². The molecule has 0 saturated carbocycles. The molecular formula is C23H19BrF3NO5. The minimum atomic E-state index is -4.94. The van der Waals surface area contributed by atoms with Crippen molar-refractivity contribution in [1.82, 2.24) is 4.90 Å². The lowest BCUT2D eigenvalue weighted by Crippen LogP contribution is -2.37. The maximum Gasteiger partial charge on any atom is 0.453 e. The smallest absolute Gasteiger partial charge is 0.453 e. The van der Waals surface area contributed by atoms with Gasteiger partial charge in [-0.1, -0.05) is 12.1 Å². The SMILES string of the molecule is O=c1c(Oc2ccccc2Br)c(C(F)(F)F)oc2c3c(ccc12)OCN(CC1CCCO1)C3. The van der Waals surface area contributed by atoms with Crippen molar-refractivity contribution >= 4 is 26.9 Å². The fraction of sp³-hybridized carbons (Fsp3) is 0.348. The summed E-state index contributed by atoms with van der Waals surface area (Å²) >= 11 is 3.22. The van der Waals surface area contributed by atoms with Crippen molar-refractivity contribution in [2.45, 2.75) is 31.7 Å². The Morgan fingerprint density at radius 3 is 2.73 bits per heavy atom. The number of rotatable bonds is 4. The van der Waals surface area contributed by atoms with Gasteiger partial charge in [-0.3, -0.25) is 9.69 Å². The van der Waals surface area contributed by atoms with Crippen molar-refractivity contribution in [2.24, 2.45) is 0 Å². The average Bonchev–Trinajstić information content (AvgIpc) is 3.29. The van der Waals surface area contributed by atoms with Gasteiger partial charge in [0.1, 0.15) is 23.8 Å². The van der Waals surface area contributed by atoms with Crippen molar-refractivity contribution in [3.63, 3.8) is 0 Å². The van der Waals surface area contributed by atoms with Crippen LogP contribution < -0.4 is 14.9 Å². The Morgan fingerprint density at radius 2 is 2.00 bits per heavy atom. The molecule has 1 saturated heterocycles. The summed E-state index contributed by atoms with van der Waals surface area (Å²) in [6, 6.07) is 9.31. The van der Waals surface area contributed by atoms with Gasteiger partial charge < -0.3 is 18.6 Å². The molecule has 0 amide bonds. The molecule has 0 spiro atoms. The number of hydrogen-bond donors (Lipinski definition) is 0. The van der Waals surface area contributed by atoms with E-state index in [1.165, 1.54) is 12.1 Å². The summed E-state index contributed by atoms with van der Waals surface area (Å²) in [5, 5.41) is -0.00799. The Hall–Kier alpha value is -2.56. The standard InChI is InChI=1S/C23H19BrF3NO5/c24-16-5-1-2-6-18(16)32-21-19(29)14-7-8-17-15(20(14)33-22(21)23(25,26)27)11-28(12-31-17)10-13-4-3-9-30-13/h1-2,5-8,13H,3-4,9-12H2. The first kappa shape index (κ1) is 22.2. The Labute approximate surface area is 195 Å². The molecule has 0 N–H and O–H groups in total. The molecule has 33 heavy (non-hydrogen) atoms.